The molecule has 0 spiro atoms. The maximum atomic E-state index is 13.8. The standard InChI is InChI=1S/C15H21FN2O/c1-14(2)8-5-9-15(10-14,13(17)19)18-12-7-4-3-6-11(12)16/h3-4,6-7,18H,5,8-10H2,1-2H3,(H2,17,19). The number of halogens is 1. The number of nitrogens with one attached hydrogen (secondary N) is 1. The second-order valence-electron chi connectivity index (χ2n) is 6.25. The first-order valence-electron chi connectivity index (χ1n) is 6.67. The van der Waals surface area contributed by atoms with Crippen molar-refractivity contribution in [2.24, 2.45) is 11.1 Å². The summed E-state index contributed by atoms with van der Waals surface area (Å²) in [5.41, 5.74) is 5.13. The Morgan fingerprint density at radius 1 is 1.32 bits per heavy atom. The summed E-state index contributed by atoms with van der Waals surface area (Å²) in [6, 6.07) is 6.39. The molecule has 2 rings (SSSR count). The zero-order valence-corrected chi connectivity index (χ0v) is 11.5. The molecule has 4 heteroatoms. The van der Waals surface area contributed by atoms with Gasteiger partial charge in [0.15, 0.2) is 0 Å². The molecule has 0 bridgehead atoms. The van der Waals surface area contributed by atoms with Crippen molar-refractivity contribution in [1.82, 2.24) is 0 Å². The van der Waals surface area contributed by atoms with Crippen molar-refractivity contribution >= 4 is 11.6 Å². The van der Waals surface area contributed by atoms with Gasteiger partial charge in [0.05, 0.1) is 5.69 Å². The van der Waals surface area contributed by atoms with E-state index >= 15 is 0 Å². The molecule has 0 saturated heterocycles. The van der Waals surface area contributed by atoms with Crippen molar-refractivity contribution < 1.29 is 9.18 Å². The van der Waals surface area contributed by atoms with Crippen LogP contribution in [0.5, 0.6) is 0 Å². The van der Waals surface area contributed by atoms with Gasteiger partial charge in [0.2, 0.25) is 5.91 Å². The third-order valence-electron chi connectivity index (χ3n) is 3.96. The third-order valence-corrected chi connectivity index (χ3v) is 3.96. The minimum atomic E-state index is -0.843. The van der Waals surface area contributed by atoms with Gasteiger partial charge in [0, 0.05) is 0 Å². The summed E-state index contributed by atoms with van der Waals surface area (Å²) in [4.78, 5) is 11.9. The monoisotopic (exact) mass is 264 g/mol. The fourth-order valence-electron chi connectivity index (χ4n) is 3.06. The molecule has 1 atom stereocenters. The van der Waals surface area contributed by atoms with E-state index in [2.05, 4.69) is 19.2 Å². The van der Waals surface area contributed by atoms with E-state index in [1.54, 1.807) is 18.2 Å². The molecule has 0 aliphatic heterocycles. The second kappa shape index (κ2) is 4.83. The normalized spacial score (nSPS) is 25.8. The first-order valence-corrected chi connectivity index (χ1v) is 6.67. The zero-order chi connectivity index (χ0) is 14.1. The van der Waals surface area contributed by atoms with Crippen LogP contribution < -0.4 is 11.1 Å². The lowest BCUT2D eigenvalue weighted by Crippen LogP contribution is -2.55. The average Bonchev–Trinajstić information content (AvgIpc) is 2.30. The molecule has 0 heterocycles. The molecule has 1 amide bonds. The summed E-state index contributed by atoms with van der Waals surface area (Å²) in [5, 5.41) is 3.07. The fourth-order valence-corrected chi connectivity index (χ4v) is 3.06. The van der Waals surface area contributed by atoms with E-state index in [0.29, 0.717) is 18.5 Å². The lowest BCUT2D eigenvalue weighted by Gasteiger charge is -2.43. The Morgan fingerprint density at radius 2 is 2.00 bits per heavy atom. The number of nitrogens with two attached hydrogens (primary N) is 1. The Labute approximate surface area is 113 Å². The first kappa shape index (κ1) is 13.8. The third kappa shape index (κ3) is 2.88. The Morgan fingerprint density at radius 3 is 2.58 bits per heavy atom. The Balaban J connectivity index is 2.31. The van der Waals surface area contributed by atoms with Crippen LogP contribution in [0, 0.1) is 11.2 Å². The van der Waals surface area contributed by atoms with E-state index in [-0.39, 0.29) is 11.2 Å². The Hall–Kier alpha value is -1.58. The summed E-state index contributed by atoms with van der Waals surface area (Å²) in [5.74, 6) is -0.755. The smallest absolute Gasteiger partial charge is 0.243 e. The van der Waals surface area contributed by atoms with Gasteiger partial charge in [-0.25, -0.2) is 4.39 Å². The van der Waals surface area contributed by atoms with Crippen LogP contribution in [0.3, 0.4) is 0 Å². The number of anilines is 1. The molecule has 0 radical (unpaired) electrons. The maximum Gasteiger partial charge on any atom is 0.243 e. The summed E-state index contributed by atoms with van der Waals surface area (Å²) < 4.78 is 13.8. The largest absolute Gasteiger partial charge is 0.369 e. The van der Waals surface area contributed by atoms with E-state index in [1.807, 2.05) is 0 Å². The van der Waals surface area contributed by atoms with Gasteiger partial charge >= 0.3 is 0 Å². The molecular weight excluding hydrogens is 243 g/mol. The Bertz CT molecular complexity index is 487. The number of benzene rings is 1. The highest BCUT2D eigenvalue weighted by molar-refractivity contribution is 5.88. The number of hydrogen-bond donors (Lipinski definition) is 2. The number of primary amides is 1. The molecule has 0 aromatic heterocycles. The van der Waals surface area contributed by atoms with Gasteiger partial charge < -0.3 is 11.1 Å². The van der Waals surface area contributed by atoms with Crippen LogP contribution in [0.1, 0.15) is 39.5 Å². The van der Waals surface area contributed by atoms with Crippen LogP contribution >= 0.6 is 0 Å². The van der Waals surface area contributed by atoms with Crippen molar-refractivity contribution in [3.8, 4) is 0 Å². The van der Waals surface area contributed by atoms with Crippen molar-refractivity contribution in [1.29, 1.82) is 0 Å². The molecule has 1 saturated carbocycles. The van der Waals surface area contributed by atoms with Gasteiger partial charge in [-0.15, -0.1) is 0 Å². The van der Waals surface area contributed by atoms with Crippen LogP contribution in [0.25, 0.3) is 0 Å². The van der Waals surface area contributed by atoms with Crippen molar-refractivity contribution in [3.63, 3.8) is 0 Å². The van der Waals surface area contributed by atoms with Gasteiger partial charge in [-0.05, 0) is 36.8 Å². The van der Waals surface area contributed by atoms with E-state index < -0.39 is 11.4 Å². The molecule has 1 fully saturated rings. The first-order chi connectivity index (χ1) is 8.85. The molecule has 1 unspecified atom stereocenters. The van der Waals surface area contributed by atoms with Crippen LogP contribution in [0.15, 0.2) is 24.3 Å². The highest BCUT2D eigenvalue weighted by atomic mass is 19.1. The van der Waals surface area contributed by atoms with Crippen LogP contribution in [-0.2, 0) is 4.79 Å². The summed E-state index contributed by atoms with van der Waals surface area (Å²) in [7, 11) is 0. The molecular formula is C15H21FN2O. The zero-order valence-electron chi connectivity index (χ0n) is 11.5. The van der Waals surface area contributed by atoms with Crippen molar-refractivity contribution in [2.75, 3.05) is 5.32 Å². The predicted octanol–water partition coefficient (Wildman–Crippen LogP) is 3.06. The fraction of sp³-hybridized carbons (Fsp3) is 0.533. The number of para-hydroxylation sites is 1. The summed E-state index contributed by atoms with van der Waals surface area (Å²) >= 11 is 0. The lowest BCUT2D eigenvalue weighted by molar-refractivity contribution is -0.124. The molecule has 1 aromatic rings. The van der Waals surface area contributed by atoms with Gasteiger partial charge in [0.1, 0.15) is 11.4 Å². The van der Waals surface area contributed by atoms with Gasteiger partial charge in [-0.1, -0.05) is 32.4 Å². The average molecular weight is 264 g/mol. The minimum Gasteiger partial charge on any atom is -0.369 e. The van der Waals surface area contributed by atoms with Gasteiger partial charge in [-0.2, -0.15) is 0 Å². The van der Waals surface area contributed by atoms with Crippen LogP contribution in [0.2, 0.25) is 0 Å². The van der Waals surface area contributed by atoms with E-state index in [0.717, 1.165) is 12.8 Å². The summed E-state index contributed by atoms with van der Waals surface area (Å²) in [6.07, 6.45) is 3.25. The molecule has 3 N–H and O–H groups in total. The number of hydrogen-bond acceptors (Lipinski definition) is 2. The van der Waals surface area contributed by atoms with Gasteiger partial charge in [0.25, 0.3) is 0 Å². The summed E-state index contributed by atoms with van der Waals surface area (Å²) in [6.45, 7) is 4.24. The predicted molar refractivity (Wildman–Crippen MR) is 74.2 cm³/mol. The molecule has 1 aliphatic rings. The van der Waals surface area contributed by atoms with Crippen molar-refractivity contribution in [2.45, 2.75) is 45.1 Å². The van der Waals surface area contributed by atoms with E-state index in [9.17, 15) is 9.18 Å². The Kier molecular flexibility index (Phi) is 3.52. The van der Waals surface area contributed by atoms with Crippen LogP contribution in [0.4, 0.5) is 10.1 Å². The molecule has 3 nitrogen and oxygen atoms in total. The second-order valence-corrected chi connectivity index (χ2v) is 6.25. The topological polar surface area (TPSA) is 55.1 Å². The number of rotatable bonds is 3. The highest BCUT2D eigenvalue weighted by Gasteiger charge is 2.44. The van der Waals surface area contributed by atoms with Gasteiger partial charge in [-0.3, -0.25) is 4.79 Å². The molecule has 104 valence electrons. The van der Waals surface area contributed by atoms with Crippen molar-refractivity contribution in [3.05, 3.63) is 30.1 Å². The number of carbonyl (C=O) groups is 1. The maximum absolute atomic E-state index is 13.8. The SMILES string of the molecule is CC1(C)CCCC(Nc2ccccc2F)(C(N)=O)C1. The lowest BCUT2D eigenvalue weighted by atomic mass is 9.67. The van der Waals surface area contributed by atoms with Crippen LogP contribution in [-0.4, -0.2) is 11.4 Å². The molecule has 1 aromatic carbocycles. The number of carbonyl (C=O) groups excluding carboxylic acids is 1. The number of amides is 1. The minimum absolute atomic E-state index is 0.0333. The quantitative estimate of drug-likeness (QED) is 0.881. The van der Waals surface area contributed by atoms with E-state index in [4.69, 9.17) is 5.73 Å². The highest BCUT2D eigenvalue weighted by Crippen LogP contribution is 2.42. The molecule has 1 aliphatic carbocycles. The molecule has 19 heavy (non-hydrogen) atoms. The van der Waals surface area contributed by atoms with E-state index in [1.165, 1.54) is 6.07 Å².